The number of amides is 1. The number of carbonyl (C=O) groups is 1. The third-order valence-corrected chi connectivity index (χ3v) is 13.0. The summed E-state index contributed by atoms with van der Waals surface area (Å²) in [6, 6.07) is -0.925. The van der Waals surface area contributed by atoms with Crippen LogP contribution in [0.5, 0.6) is 0 Å². The van der Waals surface area contributed by atoms with Gasteiger partial charge in [-0.2, -0.15) is 0 Å². The van der Waals surface area contributed by atoms with Gasteiger partial charge in [-0.05, 0) is 25.7 Å². The molecule has 14 heteroatoms. The summed E-state index contributed by atoms with van der Waals surface area (Å²) in [5, 5.41) is 85.4. The van der Waals surface area contributed by atoms with Crippen LogP contribution in [0.3, 0.4) is 0 Å². The van der Waals surface area contributed by atoms with Crippen LogP contribution >= 0.6 is 0 Å². The zero-order valence-corrected chi connectivity index (χ0v) is 40.5. The Labute approximate surface area is 392 Å². The van der Waals surface area contributed by atoms with Gasteiger partial charge in [-0.25, -0.2) is 0 Å². The summed E-state index contributed by atoms with van der Waals surface area (Å²) in [7, 11) is 0. The molecule has 0 saturated carbocycles. The van der Waals surface area contributed by atoms with Crippen LogP contribution in [-0.4, -0.2) is 140 Å². The Hall–Kier alpha value is -1.53. The van der Waals surface area contributed by atoms with Gasteiger partial charge in [0.2, 0.25) is 5.91 Å². The number of hydrogen-bond donors (Lipinski definition) is 9. The van der Waals surface area contributed by atoms with Gasteiger partial charge in [-0.1, -0.05) is 192 Å². The number of nitrogens with one attached hydrogen (secondary N) is 1. The Morgan fingerprint density at radius 3 is 1.45 bits per heavy atom. The van der Waals surface area contributed by atoms with E-state index in [1.54, 1.807) is 13.0 Å². The number of aliphatic hydroxyl groups excluding tert-OH is 8. The minimum absolute atomic E-state index is 0.155. The van der Waals surface area contributed by atoms with E-state index in [1.807, 2.05) is 6.08 Å². The second-order valence-electron chi connectivity index (χ2n) is 18.6. The van der Waals surface area contributed by atoms with E-state index >= 15 is 0 Å². The molecule has 12 unspecified atom stereocenters. The van der Waals surface area contributed by atoms with Crippen molar-refractivity contribution in [2.45, 2.75) is 274 Å². The molecule has 14 nitrogen and oxygen atoms in total. The second-order valence-corrected chi connectivity index (χ2v) is 18.6. The van der Waals surface area contributed by atoms with Crippen LogP contribution in [0.25, 0.3) is 0 Å². The maximum absolute atomic E-state index is 12.3. The first-order chi connectivity index (χ1) is 31.6. The fourth-order valence-electron chi connectivity index (χ4n) is 8.63. The fourth-order valence-corrected chi connectivity index (χ4v) is 8.63. The molecule has 2 fully saturated rings. The van der Waals surface area contributed by atoms with E-state index in [-0.39, 0.29) is 18.9 Å². The van der Waals surface area contributed by atoms with Crippen LogP contribution in [0, 0.1) is 0 Å². The monoisotopic (exact) mass is 930 g/mol. The van der Waals surface area contributed by atoms with E-state index in [0.29, 0.717) is 6.42 Å². The van der Waals surface area contributed by atoms with Crippen LogP contribution in [0.1, 0.15) is 200 Å². The molecule has 2 aliphatic heterocycles. The summed E-state index contributed by atoms with van der Waals surface area (Å²) in [5.74, 6) is -0.337. The highest BCUT2D eigenvalue weighted by atomic mass is 16.7. The van der Waals surface area contributed by atoms with Crippen molar-refractivity contribution < 1.29 is 64.6 Å². The van der Waals surface area contributed by atoms with E-state index in [9.17, 15) is 45.6 Å². The van der Waals surface area contributed by atoms with E-state index in [1.165, 1.54) is 161 Å². The highest BCUT2D eigenvalue weighted by molar-refractivity contribution is 5.75. The number of unbranched alkanes of at least 4 members (excludes halogenated alkanes) is 26. The summed E-state index contributed by atoms with van der Waals surface area (Å²) in [5.41, 5.74) is 0. The molecule has 2 rings (SSSR count). The highest BCUT2D eigenvalue weighted by Gasteiger charge is 2.51. The van der Waals surface area contributed by atoms with Gasteiger partial charge >= 0.3 is 0 Å². The summed E-state index contributed by atoms with van der Waals surface area (Å²) in [6.07, 6.45) is 28.2. The molecule has 0 aromatic carbocycles. The lowest BCUT2D eigenvalue weighted by Gasteiger charge is -2.46. The van der Waals surface area contributed by atoms with Crippen molar-refractivity contribution in [1.82, 2.24) is 5.32 Å². The predicted molar refractivity (Wildman–Crippen MR) is 254 cm³/mol. The quantitative estimate of drug-likeness (QED) is 0.0225. The first-order valence-corrected chi connectivity index (χ1v) is 26.1. The van der Waals surface area contributed by atoms with Gasteiger partial charge in [0, 0.05) is 6.42 Å². The van der Waals surface area contributed by atoms with Crippen LogP contribution in [0.4, 0.5) is 0 Å². The smallest absolute Gasteiger partial charge is 0.220 e. The number of allylic oxidation sites excluding steroid dienone is 3. The van der Waals surface area contributed by atoms with Crippen LogP contribution < -0.4 is 5.32 Å². The number of hydrogen-bond acceptors (Lipinski definition) is 13. The SMILES string of the molecule is CCCCCCCCCCCCCCCCCCCCCCCCCCC/C=C/CC/C=C/C(O)C(COC1OC(CO)C(OC2OC(CO)C(O)C(O)C2O)C(O)C1O)NC(=O)CC. The fraction of sp³-hybridized carbons (Fsp3) is 0.902. The van der Waals surface area contributed by atoms with Gasteiger partial charge < -0.3 is 65.1 Å². The third-order valence-electron chi connectivity index (χ3n) is 13.0. The summed E-state index contributed by atoms with van der Waals surface area (Å²) in [4.78, 5) is 12.3. The van der Waals surface area contributed by atoms with Crippen LogP contribution in [-0.2, 0) is 23.7 Å². The van der Waals surface area contributed by atoms with Gasteiger partial charge in [0.1, 0.15) is 48.8 Å². The number of carbonyl (C=O) groups excluding carboxylic acids is 1. The van der Waals surface area contributed by atoms with Crippen molar-refractivity contribution >= 4 is 5.91 Å². The lowest BCUT2D eigenvalue weighted by Crippen LogP contribution is -2.65. The standard InChI is InChI=1S/C51H95NO13/c1-3-5-6-7-8-9-10-11-12-13-14-15-16-17-18-19-20-21-22-23-24-25-26-27-28-29-30-31-32-33-34-35-40(55)39(52-43(56)4-2)38-62-50-48(61)46(59)49(42(37-54)64-50)65-51-47(60)45(58)44(57)41(36-53)63-51/h30-31,34-35,39-42,44-51,53-55,57-61H,3-29,32-33,36-38H2,1-2H3,(H,52,56)/b31-30+,35-34+. The molecule has 2 saturated heterocycles. The molecule has 12 atom stereocenters. The molecular formula is C51H95NO13. The summed E-state index contributed by atoms with van der Waals surface area (Å²) < 4.78 is 22.3. The maximum Gasteiger partial charge on any atom is 0.220 e. The molecule has 0 aromatic heterocycles. The van der Waals surface area contributed by atoms with Gasteiger partial charge in [-0.3, -0.25) is 4.79 Å². The van der Waals surface area contributed by atoms with Gasteiger partial charge in [0.15, 0.2) is 12.6 Å². The van der Waals surface area contributed by atoms with Crippen LogP contribution in [0.2, 0.25) is 0 Å². The van der Waals surface area contributed by atoms with Gasteiger partial charge in [-0.15, -0.1) is 0 Å². The molecule has 2 heterocycles. The van der Waals surface area contributed by atoms with E-state index < -0.39 is 86.8 Å². The Morgan fingerprint density at radius 2 is 0.969 bits per heavy atom. The minimum Gasteiger partial charge on any atom is -0.394 e. The number of aliphatic hydroxyl groups is 8. The molecule has 0 bridgehead atoms. The van der Waals surface area contributed by atoms with Crippen molar-refractivity contribution in [1.29, 1.82) is 0 Å². The Morgan fingerprint density at radius 1 is 0.538 bits per heavy atom. The van der Waals surface area contributed by atoms with Crippen molar-refractivity contribution in [2.75, 3.05) is 19.8 Å². The molecular weight excluding hydrogens is 835 g/mol. The molecule has 1 amide bonds. The van der Waals surface area contributed by atoms with E-state index in [2.05, 4.69) is 24.4 Å². The van der Waals surface area contributed by atoms with Crippen molar-refractivity contribution in [2.24, 2.45) is 0 Å². The first kappa shape index (κ1) is 59.6. The van der Waals surface area contributed by atoms with Gasteiger partial charge in [0.25, 0.3) is 0 Å². The second kappa shape index (κ2) is 38.3. The lowest BCUT2D eigenvalue weighted by molar-refractivity contribution is -0.359. The largest absolute Gasteiger partial charge is 0.394 e. The molecule has 65 heavy (non-hydrogen) atoms. The zero-order chi connectivity index (χ0) is 47.5. The molecule has 0 radical (unpaired) electrons. The molecule has 0 aliphatic carbocycles. The summed E-state index contributed by atoms with van der Waals surface area (Å²) in [6.45, 7) is 2.21. The Kier molecular flexibility index (Phi) is 35.1. The van der Waals surface area contributed by atoms with Crippen LogP contribution in [0.15, 0.2) is 24.3 Å². The van der Waals surface area contributed by atoms with E-state index in [0.717, 1.165) is 12.8 Å². The predicted octanol–water partition coefficient (Wildman–Crippen LogP) is 6.94. The minimum atomic E-state index is -1.79. The molecule has 0 spiro atoms. The van der Waals surface area contributed by atoms with E-state index in [4.69, 9.17) is 18.9 Å². The highest BCUT2D eigenvalue weighted by Crippen LogP contribution is 2.30. The molecule has 0 aromatic rings. The molecule has 2 aliphatic rings. The lowest BCUT2D eigenvalue weighted by atomic mass is 9.97. The summed E-state index contributed by atoms with van der Waals surface area (Å²) >= 11 is 0. The first-order valence-electron chi connectivity index (χ1n) is 26.1. The normalized spacial score (nSPS) is 27.2. The molecule has 382 valence electrons. The van der Waals surface area contributed by atoms with Gasteiger partial charge in [0.05, 0.1) is 32.0 Å². The van der Waals surface area contributed by atoms with Crippen molar-refractivity contribution in [3.63, 3.8) is 0 Å². The van der Waals surface area contributed by atoms with Crippen molar-refractivity contribution in [3.8, 4) is 0 Å². The molecule has 9 N–H and O–H groups in total. The van der Waals surface area contributed by atoms with Crippen molar-refractivity contribution in [3.05, 3.63) is 24.3 Å². The number of rotatable bonds is 40. The maximum atomic E-state index is 12.3. The average Bonchev–Trinajstić information content (AvgIpc) is 3.31. The average molecular weight is 930 g/mol. The Balaban J connectivity index is 1.52. The Bertz CT molecular complexity index is 1190. The third kappa shape index (κ3) is 25.6. The number of ether oxygens (including phenoxy) is 4. The zero-order valence-electron chi connectivity index (χ0n) is 40.5. The topological polar surface area (TPSA) is 228 Å².